The van der Waals surface area contributed by atoms with Crippen molar-refractivity contribution in [2.24, 2.45) is 5.73 Å². The average Bonchev–Trinajstić information content (AvgIpc) is 2.93. The van der Waals surface area contributed by atoms with Crippen LogP contribution in [0.1, 0.15) is 15.9 Å². The quantitative estimate of drug-likeness (QED) is 0.140. The highest BCUT2D eigenvalue weighted by molar-refractivity contribution is 5.94. The number of hydrogen-bond acceptors (Lipinski definition) is 12. The standard InChI is InChI=1S/C24H33N9O4/c25-7-13-36-15-16-37-14-11-27-21(35)19-1-3-20(4-2-19)30-24-32-22(28-10-12-34)31-23(33-24)29-17-18-5-8-26-9-6-18/h1-6,8-9,34H,7,10-17,25H2,(H,27,35)(H3,28,29,30,31,32,33). The molecular formula is C24H33N9O4. The molecule has 198 valence electrons. The van der Waals surface area contributed by atoms with Gasteiger partial charge in [0, 0.05) is 49.8 Å². The van der Waals surface area contributed by atoms with Crippen LogP contribution in [-0.4, -0.2) is 83.6 Å². The summed E-state index contributed by atoms with van der Waals surface area (Å²) >= 11 is 0. The van der Waals surface area contributed by atoms with E-state index in [1.54, 1.807) is 36.7 Å². The zero-order valence-corrected chi connectivity index (χ0v) is 20.5. The number of nitrogens with zero attached hydrogens (tertiary/aromatic N) is 4. The maximum Gasteiger partial charge on any atom is 0.251 e. The molecule has 0 atom stereocenters. The highest BCUT2D eigenvalue weighted by atomic mass is 16.5. The predicted octanol–water partition coefficient (Wildman–Crippen LogP) is 0.748. The Kier molecular flexibility index (Phi) is 11.9. The first-order valence-electron chi connectivity index (χ1n) is 11.9. The average molecular weight is 512 g/mol. The first-order valence-corrected chi connectivity index (χ1v) is 11.9. The topological polar surface area (TPSA) is 181 Å². The van der Waals surface area contributed by atoms with Crippen LogP contribution in [0.2, 0.25) is 0 Å². The Morgan fingerprint density at radius 2 is 1.51 bits per heavy atom. The van der Waals surface area contributed by atoms with Crippen LogP contribution in [0.4, 0.5) is 23.5 Å². The molecule has 3 aromatic rings. The molecule has 0 aliphatic rings. The minimum Gasteiger partial charge on any atom is -0.395 e. The summed E-state index contributed by atoms with van der Waals surface area (Å²) in [4.78, 5) is 29.5. The molecule has 0 aliphatic carbocycles. The fourth-order valence-electron chi connectivity index (χ4n) is 3.02. The lowest BCUT2D eigenvalue weighted by Gasteiger charge is -2.11. The third-order valence-corrected chi connectivity index (χ3v) is 4.80. The Bertz CT molecular complexity index is 1070. The number of rotatable bonds is 17. The summed E-state index contributed by atoms with van der Waals surface area (Å²) in [5, 5.41) is 21.2. The molecule has 0 fully saturated rings. The van der Waals surface area contributed by atoms with Crippen LogP contribution < -0.4 is 27.0 Å². The molecule has 2 aromatic heterocycles. The van der Waals surface area contributed by atoms with Crippen LogP contribution in [0, 0.1) is 0 Å². The van der Waals surface area contributed by atoms with Gasteiger partial charge in [0.1, 0.15) is 0 Å². The number of aliphatic hydroxyl groups is 1. The second-order valence-electron chi connectivity index (χ2n) is 7.64. The molecular weight excluding hydrogens is 478 g/mol. The number of nitrogens with one attached hydrogen (secondary N) is 4. The van der Waals surface area contributed by atoms with Gasteiger partial charge in [0.05, 0.1) is 33.0 Å². The van der Waals surface area contributed by atoms with Gasteiger partial charge in [-0.15, -0.1) is 0 Å². The van der Waals surface area contributed by atoms with E-state index in [4.69, 9.17) is 20.3 Å². The molecule has 3 rings (SSSR count). The SMILES string of the molecule is NCCOCCOCCNC(=O)c1ccc(Nc2nc(NCCO)nc(NCc3ccncc3)n2)cc1. The van der Waals surface area contributed by atoms with Gasteiger partial charge in [0.2, 0.25) is 17.8 Å². The number of carbonyl (C=O) groups excluding carboxylic acids is 1. The number of benzene rings is 1. The van der Waals surface area contributed by atoms with Gasteiger partial charge in [-0.3, -0.25) is 9.78 Å². The molecule has 13 heteroatoms. The molecule has 1 aromatic carbocycles. The van der Waals surface area contributed by atoms with Crippen molar-refractivity contribution in [1.29, 1.82) is 0 Å². The predicted molar refractivity (Wildman–Crippen MR) is 140 cm³/mol. The molecule has 2 heterocycles. The van der Waals surface area contributed by atoms with E-state index in [1.165, 1.54) is 0 Å². The van der Waals surface area contributed by atoms with E-state index in [1.807, 2.05) is 12.1 Å². The molecule has 0 bridgehead atoms. The number of pyridine rings is 1. The van der Waals surface area contributed by atoms with Crippen molar-refractivity contribution in [2.75, 3.05) is 68.6 Å². The summed E-state index contributed by atoms with van der Waals surface area (Å²) in [6.07, 6.45) is 3.43. The lowest BCUT2D eigenvalue weighted by atomic mass is 10.2. The van der Waals surface area contributed by atoms with Crippen LogP contribution in [-0.2, 0) is 16.0 Å². The molecule has 0 radical (unpaired) electrons. The van der Waals surface area contributed by atoms with E-state index in [2.05, 4.69) is 41.2 Å². The van der Waals surface area contributed by atoms with Crippen LogP contribution in [0.3, 0.4) is 0 Å². The number of aromatic nitrogens is 4. The third kappa shape index (κ3) is 10.3. The van der Waals surface area contributed by atoms with E-state index in [0.717, 1.165) is 5.56 Å². The van der Waals surface area contributed by atoms with Crippen molar-refractivity contribution in [2.45, 2.75) is 6.54 Å². The van der Waals surface area contributed by atoms with Gasteiger partial charge in [0.25, 0.3) is 5.91 Å². The molecule has 0 unspecified atom stereocenters. The summed E-state index contributed by atoms with van der Waals surface area (Å²) < 4.78 is 10.6. The van der Waals surface area contributed by atoms with Gasteiger partial charge >= 0.3 is 0 Å². The van der Waals surface area contributed by atoms with Gasteiger partial charge in [-0.25, -0.2) is 0 Å². The van der Waals surface area contributed by atoms with Gasteiger partial charge in [-0.1, -0.05) is 0 Å². The van der Waals surface area contributed by atoms with Crippen LogP contribution in [0.25, 0.3) is 0 Å². The van der Waals surface area contributed by atoms with Crippen LogP contribution in [0.5, 0.6) is 0 Å². The number of aliphatic hydroxyl groups excluding tert-OH is 1. The smallest absolute Gasteiger partial charge is 0.251 e. The number of anilines is 4. The number of nitrogens with two attached hydrogens (primary N) is 1. The van der Waals surface area contributed by atoms with Crippen molar-refractivity contribution in [3.8, 4) is 0 Å². The highest BCUT2D eigenvalue weighted by Crippen LogP contribution is 2.17. The van der Waals surface area contributed by atoms with Crippen molar-refractivity contribution >= 4 is 29.4 Å². The number of carbonyl (C=O) groups is 1. The fraction of sp³-hybridized carbons (Fsp3) is 0.375. The minimum absolute atomic E-state index is 0.0624. The van der Waals surface area contributed by atoms with Crippen molar-refractivity contribution in [1.82, 2.24) is 25.3 Å². The first kappa shape index (κ1) is 27.7. The molecule has 0 saturated heterocycles. The fourth-order valence-corrected chi connectivity index (χ4v) is 3.02. The Morgan fingerprint density at radius 1 is 0.838 bits per heavy atom. The molecule has 0 saturated carbocycles. The lowest BCUT2D eigenvalue weighted by molar-refractivity contribution is 0.0511. The van der Waals surface area contributed by atoms with Crippen molar-refractivity contribution in [3.63, 3.8) is 0 Å². The normalized spacial score (nSPS) is 10.6. The van der Waals surface area contributed by atoms with E-state index in [0.29, 0.717) is 81.7 Å². The van der Waals surface area contributed by atoms with Crippen LogP contribution >= 0.6 is 0 Å². The number of hydrogen-bond donors (Lipinski definition) is 6. The summed E-state index contributed by atoms with van der Waals surface area (Å²) in [7, 11) is 0. The third-order valence-electron chi connectivity index (χ3n) is 4.80. The van der Waals surface area contributed by atoms with E-state index >= 15 is 0 Å². The lowest BCUT2D eigenvalue weighted by Crippen LogP contribution is -2.27. The summed E-state index contributed by atoms with van der Waals surface area (Å²) in [6, 6.07) is 10.7. The van der Waals surface area contributed by atoms with Gasteiger partial charge in [0.15, 0.2) is 0 Å². The molecule has 0 spiro atoms. The zero-order valence-electron chi connectivity index (χ0n) is 20.5. The molecule has 37 heavy (non-hydrogen) atoms. The Labute approximate surface area is 215 Å². The Hall–Kier alpha value is -3.91. The maximum absolute atomic E-state index is 12.4. The van der Waals surface area contributed by atoms with E-state index < -0.39 is 0 Å². The van der Waals surface area contributed by atoms with Gasteiger partial charge in [-0.05, 0) is 42.0 Å². The number of ether oxygens (including phenoxy) is 2. The monoisotopic (exact) mass is 511 g/mol. The summed E-state index contributed by atoms with van der Waals surface area (Å²) in [6.45, 7) is 3.42. The molecule has 0 aliphatic heterocycles. The first-order chi connectivity index (χ1) is 18.2. The highest BCUT2D eigenvalue weighted by Gasteiger charge is 2.09. The van der Waals surface area contributed by atoms with Crippen molar-refractivity contribution < 1.29 is 19.4 Å². The van der Waals surface area contributed by atoms with Crippen molar-refractivity contribution in [3.05, 3.63) is 59.9 Å². The minimum atomic E-state index is -0.201. The van der Waals surface area contributed by atoms with E-state index in [9.17, 15) is 4.79 Å². The van der Waals surface area contributed by atoms with Crippen LogP contribution in [0.15, 0.2) is 48.8 Å². The second kappa shape index (κ2) is 16.0. The second-order valence-corrected chi connectivity index (χ2v) is 7.64. The summed E-state index contributed by atoms with van der Waals surface area (Å²) in [5.41, 5.74) is 7.57. The van der Waals surface area contributed by atoms with E-state index in [-0.39, 0.29) is 12.5 Å². The maximum atomic E-state index is 12.4. The Morgan fingerprint density at radius 3 is 2.22 bits per heavy atom. The molecule has 7 N–H and O–H groups in total. The Balaban J connectivity index is 1.53. The zero-order chi connectivity index (χ0) is 26.1. The van der Waals surface area contributed by atoms with Gasteiger partial charge < -0.3 is 41.6 Å². The van der Waals surface area contributed by atoms with Gasteiger partial charge in [-0.2, -0.15) is 15.0 Å². The largest absolute Gasteiger partial charge is 0.395 e. The number of amides is 1. The molecule has 1 amide bonds. The molecule has 13 nitrogen and oxygen atoms in total. The summed E-state index contributed by atoms with van der Waals surface area (Å²) in [5.74, 6) is 0.775.